The lowest BCUT2D eigenvalue weighted by Crippen LogP contribution is -2.50. The van der Waals surface area contributed by atoms with Gasteiger partial charge in [0.05, 0.1) is 5.41 Å². The van der Waals surface area contributed by atoms with E-state index < -0.39 is 5.41 Å². The molecule has 0 atom stereocenters. The second kappa shape index (κ2) is 6.95. The molecule has 1 N–H and O–H groups in total. The van der Waals surface area contributed by atoms with Gasteiger partial charge in [-0.3, -0.25) is 9.59 Å². The van der Waals surface area contributed by atoms with Gasteiger partial charge in [-0.25, -0.2) is 0 Å². The molecule has 0 spiro atoms. The summed E-state index contributed by atoms with van der Waals surface area (Å²) in [6.07, 6.45) is 1.18. The number of likely N-dealkylation sites (tertiary alicyclic amines) is 1. The van der Waals surface area contributed by atoms with E-state index in [1.54, 1.807) is 24.0 Å². The van der Waals surface area contributed by atoms with Crippen molar-refractivity contribution in [2.24, 2.45) is 0 Å². The molecule has 0 bridgehead atoms. The molecule has 0 aromatic heterocycles. The number of hydrogen-bond donors (Lipinski definition) is 1. The van der Waals surface area contributed by atoms with Crippen LogP contribution in [0.3, 0.4) is 0 Å². The molecule has 2 aliphatic heterocycles. The predicted octanol–water partition coefficient (Wildman–Crippen LogP) is 2.93. The van der Waals surface area contributed by atoms with Crippen LogP contribution in [0.5, 0.6) is 11.5 Å². The zero-order valence-corrected chi connectivity index (χ0v) is 15.2. The Kier molecular flexibility index (Phi) is 4.48. The van der Waals surface area contributed by atoms with Gasteiger partial charge < -0.3 is 19.7 Å². The van der Waals surface area contributed by atoms with Crippen molar-refractivity contribution in [1.29, 1.82) is 0 Å². The Morgan fingerprint density at radius 3 is 2.41 bits per heavy atom. The van der Waals surface area contributed by atoms with Crippen LogP contribution in [0.1, 0.15) is 25.3 Å². The molecule has 0 unspecified atom stereocenters. The van der Waals surface area contributed by atoms with Crippen molar-refractivity contribution >= 4 is 17.5 Å². The number of nitrogens with zero attached hydrogens (tertiary/aromatic N) is 1. The van der Waals surface area contributed by atoms with Crippen molar-refractivity contribution in [1.82, 2.24) is 4.90 Å². The minimum atomic E-state index is -0.663. The quantitative estimate of drug-likeness (QED) is 0.907. The topological polar surface area (TPSA) is 67.9 Å². The zero-order valence-electron chi connectivity index (χ0n) is 15.2. The van der Waals surface area contributed by atoms with E-state index in [0.29, 0.717) is 43.1 Å². The third-order valence-electron chi connectivity index (χ3n) is 5.45. The Bertz CT molecular complexity index is 858. The first-order chi connectivity index (χ1) is 13.1. The summed E-state index contributed by atoms with van der Waals surface area (Å²) >= 11 is 0. The number of carbonyl (C=O) groups excluding carboxylic acids is 2. The minimum absolute atomic E-state index is 0.0489. The molecule has 140 valence electrons. The fourth-order valence-corrected chi connectivity index (χ4v) is 3.83. The van der Waals surface area contributed by atoms with Crippen LogP contribution in [-0.2, 0) is 15.0 Å². The van der Waals surface area contributed by atoms with Gasteiger partial charge in [-0.15, -0.1) is 0 Å². The van der Waals surface area contributed by atoms with Crippen molar-refractivity contribution in [3.05, 3.63) is 54.1 Å². The highest BCUT2D eigenvalue weighted by Crippen LogP contribution is 2.38. The van der Waals surface area contributed by atoms with Gasteiger partial charge in [0.25, 0.3) is 0 Å². The minimum Gasteiger partial charge on any atom is -0.454 e. The molecule has 1 saturated heterocycles. The van der Waals surface area contributed by atoms with Gasteiger partial charge in [0.1, 0.15) is 0 Å². The van der Waals surface area contributed by atoms with E-state index in [2.05, 4.69) is 5.32 Å². The lowest BCUT2D eigenvalue weighted by Gasteiger charge is -2.40. The highest BCUT2D eigenvalue weighted by atomic mass is 16.7. The highest BCUT2D eigenvalue weighted by Gasteiger charge is 2.43. The summed E-state index contributed by atoms with van der Waals surface area (Å²) in [5.41, 5.74) is 0.990. The maximum absolute atomic E-state index is 13.4. The van der Waals surface area contributed by atoms with Crippen LogP contribution in [0.2, 0.25) is 0 Å². The van der Waals surface area contributed by atoms with E-state index >= 15 is 0 Å². The fourth-order valence-electron chi connectivity index (χ4n) is 3.83. The van der Waals surface area contributed by atoms with Crippen LogP contribution < -0.4 is 14.8 Å². The van der Waals surface area contributed by atoms with Gasteiger partial charge in [-0.05, 0) is 30.5 Å². The predicted molar refractivity (Wildman–Crippen MR) is 101 cm³/mol. The Labute approximate surface area is 158 Å². The molecule has 2 amide bonds. The SMILES string of the molecule is CC(=O)N1CCC(C(=O)Nc2ccc3c(c2)OCO3)(c2ccccc2)CC1. The smallest absolute Gasteiger partial charge is 0.235 e. The second-order valence-corrected chi connectivity index (χ2v) is 6.98. The largest absolute Gasteiger partial charge is 0.454 e. The van der Waals surface area contributed by atoms with Gasteiger partial charge in [0.15, 0.2) is 11.5 Å². The highest BCUT2D eigenvalue weighted by molar-refractivity contribution is 5.99. The van der Waals surface area contributed by atoms with Crippen LogP contribution in [0.25, 0.3) is 0 Å². The number of carbonyl (C=O) groups is 2. The van der Waals surface area contributed by atoms with Gasteiger partial charge in [-0.2, -0.15) is 0 Å². The number of hydrogen-bond acceptors (Lipinski definition) is 4. The number of anilines is 1. The molecule has 6 nitrogen and oxygen atoms in total. The number of piperidine rings is 1. The molecule has 0 saturated carbocycles. The summed E-state index contributed by atoms with van der Waals surface area (Å²) in [6.45, 7) is 2.90. The normalized spacial score (nSPS) is 17.4. The summed E-state index contributed by atoms with van der Waals surface area (Å²) in [5.74, 6) is 1.30. The van der Waals surface area contributed by atoms with E-state index in [4.69, 9.17) is 9.47 Å². The Morgan fingerprint density at radius 1 is 1.00 bits per heavy atom. The lowest BCUT2D eigenvalue weighted by atomic mass is 9.72. The van der Waals surface area contributed by atoms with Crippen LogP contribution in [0.15, 0.2) is 48.5 Å². The van der Waals surface area contributed by atoms with E-state index in [1.807, 2.05) is 36.4 Å². The van der Waals surface area contributed by atoms with Gasteiger partial charge in [0.2, 0.25) is 18.6 Å². The van der Waals surface area contributed by atoms with Crippen LogP contribution in [0, 0.1) is 0 Å². The third kappa shape index (κ3) is 3.23. The van der Waals surface area contributed by atoms with Crippen LogP contribution in [0.4, 0.5) is 5.69 Å². The Balaban J connectivity index is 1.61. The molecule has 2 aliphatic rings. The van der Waals surface area contributed by atoms with E-state index in [-0.39, 0.29) is 18.6 Å². The molecule has 6 heteroatoms. The van der Waals surface area contributed by atoms with E-state index in [0.717, 1.165) is 5.56 Å². The average Bonchev–Trinajstić information content (AvgIpc) is 3.16. The summed E-state index contributed by atoms with van der Waals surface area (Å²) in [4.78, 5) is 26.9. The fraction of sp³-hybridized carbons (Fsp3) is 0.333. The van der Waals surface area contributed by atoms with E-state index in [9.17, 15) is 9.59 Å². The summed E-state index contributed by atoms with van der Waals surface area (Å²) in [6, 6.07) is 15.2. The number of ether oxygens (including phenoxy) is 2. The van der Waals surface area contributed by atoms with Crippen molar-refractivity contribution < 1.29 is 19.1 Å². The zero-order chi connectivity index (χ0) is 18.9. The summed E-state index contributed by atoms with van der Waals surface area (Å²) in [7, 11) is 0. The first-order valence-electron chi connectivity index (χ1n) is 9.11. The molecule has 0 aliphatic carbocycles. The van der Waals surface area contributed by atoms with Gasteiger partial charge in [0, 0.05) is 31.8 Å². The van der Waals surface area contributed by atoms with E-state index in [1.165, 1.54) is 0 Å². The van der Waals surface area contributed by atoms with Gasteiger partial charge >= 0.3 is 0 Å². The molecular weight excluding hydrogens is 344 g/mol. The molecule has 2 aromatic rings. The number of amides is 2. The first-order valence-corrected chi connectivity index (χ1v) is 9.11. The molecule has 0 radical (unpaired) electrons. The number of nitrogens with one attached hydrogen (secondary N) is 1. The third-order valence-corrected chi connectivity index (χ3v) is 5.45. The Hall–Kier alpha value is -3.02. The monoisotopic (exact) mass is 366 g/mol. The molecule has 4 rings (SSSR count). The van der Waals surface area contributed by atoms with Crippen molar-refractivity contribution in [3.63, 3.8) is 0 Å². The standard InChI is InChI=1S/C21H22N2O4/c1-15(24)23-11-9-21(10-12-23,16-5-3-2-4-6-16)20(25)22-17-7-8-18-19(13-17)27-14-26-18/h2-8,13H,9-12,14H2,1H3,(H,22,25). The lowest BCUT2D eigenvalue weighted by molar-refractivity contribution is -0.133. The molecular formula is C21H22N2O4. The summed E-state index contributed by atoms with van der Waals surface area (Å²) < 4.78 is 10.7. The van der Waals surface area contributed by atoms with Crippen molar-refractivity contribution in [3.8, 4) is 11.5 Å². The van der Waals surface area contributed by atoms with Gasteiger partial charge in [-0.1, -0.05) is 30.3 Å². The molecule has 2 heterocycles. The summed E-state index contributed by atoms with van der Waals surface area (Å²) in [5, 5.41) is 3.05. The number of fused-ring (bicyclic) bond motifs is 1. The molecule has 27 heavy (non-hydrogen) atoms. The second-order valence-electron chi connectivity index (χ2n) is 6.98. The van der Waals surface area contributed by atoms with Crippen molar-refractivity contribution in [2.45, 2.75) is 25.2 Å². The maximum Gasteiger partial charge on any atom is 0.235 e. The van der Waals surface area contributed by atoms with Crippen molar-refractivity contribution in [2.75, 3.05) is 25.2 Å². The maximum atomic E-state index is 13.4. The average molecular weight is 366 g/mol. The number of benzene rings is 2. The molecule has 1 fully saturated rings. The number of rotatable bonds is 3. The first kappa shape index (κ1) is 17.4. The Morgan fingerprint density at radius 2 is 1.70 bits per heavy atom. The molecule has 2 aromatic carbocycles. The van der Waals surface area contributed by atoms with Crippen LogP contribution >= 0.6 is 0 Å². The van der Waals surface area contributed by atoms with Crippen LogP contribution in [-0.4, -0.2) is 36.6 Å².